The number of nitro groups is 1. The van der Waals surface area contributed by atoms with Crippen LogP contribution in [0.15, 0.2) is 24.3 Å². The number of carbonyl (C=O) groups excluding carboxylic acids is 1. The van der Waals surface area contributed by atoms with Crippen LogP contribution in [-0.4, -0.2) is 16.5 Å². The van der Waals surface area contributed by atoms with E-state index in [0.717, 1.165) is 0 Å². The number of benzene rings is 1. The topological polar surface area (TPSA) is 69.4 Å². The van der Waals surface area contributed by atoms with Gasteiger partial charge in [0, 0.05) is 12.1 Å². The third-order valence-corrected chi connectivity index (χ3v) is 2.61. The Kier molecular flexibility index (Phi) is 4.05. The second-order valence-electron chi connectivity index (χ2n) is 3.92. The maximum absolute atomic E-state index is 11.8. The second-order valence-corrected chi connectivity index (χ2v) is 3.92. The maximum Gasteiger partial charge on any atom is 0.339 e. The number of non-ortho nitro benzene ring substituents is 1. The van der Waals surface area contributed by atoms with Crippen molar-refractivity contribution in [2.75, 3.05) is 0 Å². The zero-order valence-electron chi connectivity index (χ0n) is 10.2. The number of hydrogen-bond donors (Lipinski definition) is 0. The third kappa shape index (κ3) is 3.08. The number of nitrogens with zero attached hydrogens (tertiary/aromatic N) is 1. The van der Waals surface area contributed by atoms with Crippen molar-refractivity contribution in [2.24, 2.45) is 0 Å². The average Bonchev–Trinajstić information content (AvgIpc) is 2.38. The average molecular weight is 247 g/mol. The van der Waals surface area contributed by atoms with E-state index < -0.39 is 16.5 Å². The van der Waals surface area contributed by atoms with Gasteiger partial charge in [0.25, 0.3) is 5.69 Å². The summed E-state index contributed by atoms with van der Waals surface area (Å²) in [7, 11) is 0. The summed E-state index contributed by atoms with van der Waals surface area (Å²) in [5, 5.41) is 10.5. The molecule has 1 rings (SSSR count). The lowest BCUT2D eigenvalue weighted by molar-refractivity contribution is -0.384. The molecule has 0 fully saturated rings. The highest BCUT2D eigenvalue weighted by molar-refractivity contribution is 5.90. The van der Waals surface area contributed by atoms with Crippen LogP contribution < -0.4 is 0 Å². The van der Waals surface area contributed by atoms with Gasteiger partial charge in [0.1, 0.15) is 0 Å². The molecule has 5 nitrogen and oxygen atoms in total. The molecule has 0 saturated heterocycles. The summed E-state index contributed by atoms with van der Waals surface area (Å²) >= 11 is 0. The van der Waals surface area contributed by atoms with Crippen molar-refractivity contribution in [1.29, 1.82) is 0 Å². The van der Waals surface area contributed by atoms with Gasteiger partial charge in [-0.3, -0.25) is 10.1 Å². The Labute approximate surface area is 105 Å². The summed E-state index contributed by atoms with van der Waals surface area (Å²) in [6, 6.07) is 5.17. The van der Waals surface area contributed by atoms with Gasteiger partial charge >= 0.3 is 5.97 Å². The van der Waals surface area contributed by atoms with Crippen LogP contribution in [0.4, 0.5) is 5.69 Å². The number of ether oxygens (including phenoxy) is 1. The van der Waals surface area contributed by atoms with Crippen molar-refractivity contribution in [3.05, 3.63) is 39.9 Å². The molecule has 94 valence electrons. The van der Waals surface area contributed by atoms with E-state index in [-0.39, 0.29) is 11.3 Å². The van der Waals surface area contributed by atoms with Crippen LogP contribution in [0.5, 0.6) is 0 Å². The van der Waals surface area contributed by atoms with Gasteiger partial charge in [-0.15, -0.1) is 6.42 Å². The highest BCUT2D eigenvalue weighted by Gasteiger charge is 2.24. The number of carbonyl (C=O) groups is 1. The molecule has 0 N–H and O–H groups in total. The van der Waals surface area contributed by atoms with Crippen LogP contribution in [0.2, 0.25) is 0 Å². The smallest absolute Gasteiger partial charge is 0.339 e. The molecule has 0 saturated carbocycles. The molecule has 0 aliphatic rings. The van der Waals surface area contributed by atoms with Gasteiger partial charge in [-0.25, -0.2) is 4.79 Å². The molecule has 1 unspecified atom stereocenters. The Bertz CT molecular complexity index is 501. The van der Waals surface area contributed by atoms with Gasteiger partial charge < -0.3 is 4.74 Å². The molecule has 0 amide bonds. The minimum absolute atomic E-state index is 0.0817. The minimum Gasteiger partial charge on any atom is -0.443 e. The molecule has 0 radical (unpaired) electrons. The van der Waals surface area contributed by atoms with Crippen LogP contribution >= 0.6 is 0 Å². The van der Waals surface area contributed by atoms with Crippen LogP contribution in [-0.2, 0) is 4.74 Å². The normalized spacial score (nSPS) is 13.2. The number of nitro benzene ring substituents is 1. The van der Waals surface area contributed by atoms with Crippen molar-refractivity contribution in [2.45, 2.75) is 25.9 Å². The molecule has 1 aromatic carbocycles. The van der Waals surface area contributed by atoms with E-state index >= 15 is 0 Å². The molecule has 5 heteroatoms. The van der Waals surface area contributed by atoms with Crippen molar-refractivity contribution in [3.63, 3.8) is 0 Å². The van der Waals surface area contributed by atoms with Gasteiger partial charge in [-0.1, -0.05) is 12.8 Å². The highest BCUT2D eigenvalue weighted by Crippen LogP contribution is 2.18. The second kappa shape index (κ2) is 5.32. The Morgan fingerprint density at radius 2 is 2.06 bits per heavy atom. The monoisotopic (exact) mass is 247 g/mol. The zero-order chi connectivity index (χ0) is 13.8. The first kappa shape index (κ1) is 13.7. The van der Waals surface area contributed by atoms with E-state index in [1.165, 1.54) is 24.3 Å². The Hall–Kier alpha value is -2.35. The van der Waals surface area contributed by atoms with E-state index in [1.807, 2.05) is 6.92 Å². The van der Waals surface area contributed by atoms with E-state index in [0.29, 0.717) is 6.42 Å². The largest absolute Gasteiger partial charge is 0.443 e. The summed E-state index contributed by atoms with van der Waals surface area (Å²) in [5.41, 5.74) is -0.809. The van der Waals surface area contributed by atoms with Crippen LogP contribution in [0.3, 0.4) is 0 Å². The summed E-state index contributed by atoms with van der Waals surface area (Å²) < 4.78 is 5.18. The third-order valence-electron chi connectivity index (χ3n) is 2.61. The first-order valence-electron chi connectivity index (χ1n) is 5.37. The molecule has 0 heterocycles. The summed E-state index contributed by atoms with van der Waals surface area (Å²) in [6.45, 7) is 3.44. The fourth-order valence-electron chi connectivity index (χ4n) is 1.19. The highest BCUT2D eigenvalue weighted by atomic mass is 16.6. The molecule has 0 aromatic heterocycles. The number of terminal acetylenes is 1. The zero-order valence-corrected chi connectivity index (χ0v) is 10.2. The first-order valence-corrected chi connectivity index (χ1v) is 5.37. The molecular formula is C13H13NO4. The summed E-state index contributed by atoms with van der Waals surface area (Å²) in [4.78, 5) is 21.7. The fraction of sp³-hybridized carbons (Fsp3) is 0.308. The lowest BCUT2D eigenvalue weighted by Crippen LogP contribution is -2.29. The van der Waals surface area contributed by atoms with Crippen molar-refractivity contribution >= 4 is 11.7 Å². The van der Waals surface area contributed by atoms with E-state index in [9.17, 15) is 14.9 Å². The molecule has 0 spiro atoms. The van der Waals surface area contributed by atoms with Crippen molar-refractivity contribution in [3.8, 4) is 12.3 Å². The van der Waals surface area contributed by atoms with Crippen molar-refractivity contribution < 1.29 is 14.5 Å². The van der Waals surface area contributed by atoms with Crippen LogP contribution in [0, 0.1) is 22.5 Å². The van der Waals surface area contributed by atoms with Gasteiger partial charge in [-0.2, -0.15) is 0 Å². The standard InChI is InChI=1S/C13H13NO4/c1-4-13(3,5-2)18-12(15)10-6-8-11(9-7-10)14(16)17/h1,6-9H,5H2,2-3H3. The minimum atomic E-state index is -0.959. The molecule has 1 atom stereocenters. The molecule has 1 aromatic rings. The van der Waals surface area contributed by atoms with Crippen molar-refractivity contribution in [1.82, 2.24) is 0 Å². The lowest BCUT2D eigenvalue weighted by atomic mass is 10.0. The fourth-order valence-corrected chi connectivity index (χ4v) is 1.19. The van der Waals surface area contributed by atoms with Gasteiger partial charge in [0.2, 0.25) is 0 Å². The Morgan fingerprint density at radius 1 is 1.50 bits per heavy atom. The predicted molar refractivity (Wildman–Crippen MR) is 66.0 cm³/mol. The first-order chi connectivity index (χ1) is 8.41. The van der Waals surface area contributed by atoms with E-state index in [2.05, 4.69) is 5.92 Å². The SMILES string of the molecule is C#CC(C)(CC)OC(=O)c1ccc([N+](=O)[O-])cc1. The molecule has 0 aliphatic carbocycles. The Balaban J connectivity index is 2.86. The summed E-state index contributed by atoms with van der Waals surface area (Å²) in [6.07, 6.45) is 5.78. The number of rotatable bonds is 4. The predicted octanol–water partition coefficient (Wildman–Crippen LogP) is 2.55. The molecular weight excluding hydrogens is 234 g/mol. The van der Waals surface area contributed by atoms with E-state index in [4.69, 9.17) is 11.2 Å². The van der Waals surface area contributed by atoms with Crippen LogP contribution in [0.1, 0.15) is 30.6 Å². The van der Waals surface area contributed by atoms with Gasteiger partial charge in [-0.05, 0) is 25.5 Å². The maximum atomic E-state index is 11.8. The quantitative estimate of drug-likeness (QED) is 0.355. The number of esters is 1. The molecule has 18 heavy (non-hydrogen) atoms. The summed E-state index contributed by atoms with van der Waals surface area (Å²) in [5.74, 6) is 1.82. The Morgan fingerprint density at radius 3 is 2.44 bits per heavy atom. The lowest BCUT2D eigenvalue weighted by Gasteiger charge is -2.22. The molecule has 0 aliphatic heterocycles. The van der Waals surface area contributed by atoms with Gasteiger partial charge in [0.15, 0.2) is 5.60 Å². The number of hydrogen-bond acceptors (Lipinski definition) is 4. The molecule has 0 bridgehead atoms. The van der Waals surface area contributed by atoms with E-state index in [1.54, 1.807) is 6.92 Å². The van der Waals surface area contributed by atoms with Crippen LogP contribution in [0.25, 0.3) is 0 Å². The van der Waals surface area contributed by atoms with Gasteiger partial charge in [0.05, 0.1) is 10.5 Å².